The second-order valence-corrected chi connectivity index (χ2v) is 3.72. The Morgan fingerprint density at radius 1 is 1.56 bits per heavy atom. The Balaban J connectivity index is 4.41. The van der Waals surface area contributed by atoms with Gasteiger partial charge < -0.3 is 16.2 Å². The second kappa shape index (κ2) is 6.85. The van der Waals surface area contributed by atoms with Crippen molar-refractivity contribution >= 4 is 11.9 Å². The molecule has 0 aliphatic carbocycles. The normalized spacial score (nSPS) is 15.6. The van der Waals surface area contributed by atoms with Crippen molar-refractivity contribution in [3.8, 4) is 12.3 Å². The number of nitrogens with one attached hydrogen (secondary N) is 1. The van der Waals surface area contributed by atoms with Crippen molar-refractivity contribution in [1.82, 2.24) is 5.32 Å². The standard InChI is InChI=1S/C11H18N2O3/c1-4-6-8(11(15)16)13-10(14)9(12)7(3)5-2/h1,7-9H,5-6,12H2,2-3H3,(H,13,14)(H,15,16)/t7?,8?,9-/m0/s1. The zero-order valence-electron chi connectivity index (χ0n) is 9.56. The van der Waals surface area contributed by atoms with E-state index >= 15 is 0 Å². The molecule has 0 bridgehead atoms. The molecule has 0 saturated carbocycles. The Kier molecular flexibility index (Phi) is 6.19. The molecule has 0 saturated heterocycles. The molecule has 16 heavy (non-hydrogen) atoms. The van der Waals surface area contributed by atoms with Crippen molar-refractivity contribution in [3.05, 3.63) is 0 Å². The molecule has 4 N–H and O–H groups in total. The monoisotopic (exact) mass is 226 g/mol. The van der Waals surface area contributed by atoms with Crippen LogP contribution in [0.3, 0.4) is 0 Å². The van der Waals surface area contributed by atoms with E-state index in [4.69, 9.17) is 17.3 Å². The number of carboxylic acids is 1. The van der Waals surface area contributed by atoms with Gasteiger partial charge in [0.15, 0.2) is 0 Å². The van der Waals surface area contributed by atoms with Gasteiger partial charge >= 0.3 is 5.97 Å². The van der Waals surface area contributed by atoms with Crippen LogP contribution in [0.2, 0.25) is 0 Å². The highest BCUT2D eigenvalue weighted by molar-refractivity contribution is 5.87. The third-order valence-electron chi connectivity index (χ3n) is 2.50. The van der Waals surface area contributed by atoms with Gasteiger partial charge in [0.05, 0.1) is 6.04 Å². The lowest BCUT2D eigenvalue weighted by atomic mass is 9.99. The highest BCUT2D eigenvalue weighted by atomic mass is 16.4. The van der Waals surface area contributed by atoms with Crippen LogP contribution in [0.15, 0.2) is 0 Å². The quantitative estimate of drug-likeness (QED) is 0.554. The second-order valence-electron chi connectivity index (χ2n) is 3.72. The first kappa shape index (κ1) is 14.5. The van der Waals surface area contributed by atoms with E-state index in [1.54, 1.807) is 0 Å². The van der Waals surface area contributed by atoms with E-state index in [2.05, 4.69) is 11.2 Å². The van der Waals surface area contributed by atoms with Crippen LogP contribution in [-0.2, 0) is 9.59 Å². The fourth-order valence-corrected chi connectivity index (χ4v) is 1.10. The number of carbonyl (C=O) groups excluding carboxylic acids is 1. The Bertz CT molecular complexity index is 296. The zero-order chi connectivity index (χ0) is 12.7. The predicted molar refractivity (Wildman–Crippen MR) is 60.4 cm³/mol. The Hall–Kier alpha value is -1.54. The maximum atomic E-state index is 11.6. The molecular formula is C11H18N2O3. The molecule has 5 heteroatoms. The lowest BCUT2D eigenvalue weighted by Crippen LogP contribution is -2.50. The first-order valence-corrected chi connectivity index (χ1v) is 5.16. The molecule has 0 fully saturated rings. The highest BCUT2D eigenvalue weighted by Crippen LogP contribution is 2.05. The summed E-state index contributed by atoms with van der Waals surface area (Å²) < 4.78 is 0. The van der Waals surface area contributed by atoms with E-state index in [-0.39, 0.29) is 12.3 Å². The van der Waals surface area contributed by atoms with Gasteiger partial charge in [-0.1, -0.05) is 20.3 Å². The van der Waals surface area contributed by atoms with Gasteiger partial charge in [0.2, 0.25) is 5.91 Å². The zero-order valence-corrected chi connectivity index (χ0v) is 9.56. The van der Waals surface area contributed by atoms with Crippen LogP contribution in [0.1, 0.15) is 26.7 Å². The summed E-state index contributed by atoms with van der Waals surface area (Å²) in [5.74, 6) is 0.575. The first-order valence-electron chi connectivity index (χ1n) is 5.16. The lowest BCUT2D eigenvalue weighted by Gasteiger charge is -2.20. The van der Waals surface area contributed by atoms with Crippen molar-refractivity contribution in [2.45, 2.75) is 38.8 Å². The largest absolute Gasteiger partial charge is 0.480 e. The average Bonchev–Trinajstić information content (AvgIpc) is 2.25. The number of hydrogen-bond acceptors (Lipinski definition) is 3. The van der Waals surface area contributed by atoms with E-state index in [9.17, 15) is 9.59 Å². The molecule has 90 valence electrons. The molecule has 1 amide bonds. The van der Waals surface area contributed by atoms with Crippen molar-refractivity contribution in [1.29, 1.82) is 0 Å². The summed E-state index contributed by atoms with van der Waals surface area (Å²) in [6.45, 7) is 3.75. The molecular weight excluding hydrogens is 208 g/mol. The third kappa shape index (κ3) is 4.32. The lowest BCUT2D eigenvalue weighted by molar-refractivity contribution is -0.142. The van der Waals surface area contributed by atoms with Gasteiger partial charge in [-0.15, -0.1) is 12.3 Å². The number of amides is 1. The molecule has 0 aromatic rings. The topological polar surface area (TPSA) is 92.4 Å². The Morgan fingerprint density at radius 3 is 2.50 bits per heavy atom. The van der Waals surface area contributed by atoms with Gasteiger partial charge in [-0.05, 0) is 5.92 Å². The van der Waals surface area contributed by atoms with Crippen molar-refractivity contribution < 1.29 is 14.7 Å². The summed E-state index contributed by atoms with van der Waals surface area (Å²) in [5, 5.41) is 11.1. The summed E-state index contributed by atoms with van der Waals surface area (Å²) in [6, 6.07) is -1.77. The van der Waals surface area contributed by atoms with Crippen molar-refractivity contribution in [3.63, 3.8) is 0 Å². The molecule has 0 radical (unpaired) electrons. The molecule has 3 atom stereocenters. The van der Waals surface area contributed by atoms with E-state index in [0.29, 0.717) is 0 Å². The van der Waals surface area contributed by atoms with Crippen LogP contribution < -0.4 is 11.1 Å². The Labute approximate surface area is 95.4 Å². The molecule has 0 heterocycles. The van der Waals surface area contributed by atoms with E-state index in [1.165, 1.54) is 0 Å². The molecule has 0 aliphatic rings. The van der Waals surface area contributed by atoms with Crippen LogP contribution in [-0.4, -0.2) is 29.1 Å². The molecule has 0 aromatic heterocycles. The number of hydrogen-bond donors (Lipinski definition) is 3. The predicted octanol–water partition coefficient (Wildman–Crippen LogP) is -0.0475. The SMILES string of the molecule is C#CCC(NC(=O)[C@@H](N)C(C)CC)C(=O)O. The van der Waals surface area contributed by atoms with E-state index < -0.39 is 24.0 Å². The summed E-state index contributed by atoms with van der Waals surface area (Å²) in [4.78, 5) is 22.3. The number of aliphatic carboxylic acids is 1. The number of carboxylic acid groups (broad SMARTS) is 1. The summed E-state index contributed by atoms with van der Waals surface area (Å²) in [6.07, 6.45) is 5.71. The van der Waals surface area contributed by atoms with Gasteiger partial charge in [0.25, 0.3) is 0 Å². The minimum atomic E-state index is -1.15. The summed E-state index contributed by atoms with van der Waals surface area (Å²) in [5.41, 5.74) is 5.66. The first-order chi connectivity index (χ1) is 7.43. The van der Waals surface area contributed by atoms with Crippen LogP contribution in [0, 0.1) is 18.3 Å². The third-order valence-corrected chi connectivity index (χ3v) is 2.50. The van der Waals surface area contributed by atoms with Gasteiger partial charge in [-0.25, -0.2) is 4.79 Å². The van der Waals surface area contributed by atoms with Crippen molar-refractivity contribution in [2.24, 2.45) is 11.7 Å². The van der Waals surface area contributed by atoms with Gasteiger partial charge in [-0.3, -0.25) is 4.79 Å². The molecule has 0 aliphatic heterocycles. The average molecular weight is 226 g/mol. The number of nitrogens with two attached hydrogens (primary N) is 1. The molecule has 0 spiro atoms. The fraction of sp³-hybridized carbons (Fsp3) is 0.636. The molecule has 0 rings (SSSR count). The van der Waals surface area contributed by atoms with E-state index in [1.807, 2.05) is 13.8 Å². The maximum Gasteiger partial charge on any atom is 0.327 e. The van der Waals surface area contributed by atoms with Gasteiger partial charge in [0.1, 0.15) is 6.04 Å². The highest BCUT2D eigenvalue weighted by Gasteiger charge is 2.24. The minimum absolute atomic E-state index is 0.000260. The number of rotatable bonds is 6. The molecule has 5 nitrogen and oxygen atoms in total. The fourth-order valence-electron chi connectivity index (χ4n) is 1.10. The number of carbonyl (C=O) groups is 2. The van der Waals surface area contributed by atoms with Crippen LogP contribution >= 0.6 is 0 Å². The summed E-state index contributed by atoms with van der Waals surface area (Å²) >= 11 is 0. The van der Waals surface area contributed by atoms with Crippen LogP contribution in [0.25, 0.3) is 0 Å². The Morgan fingerprint density at radius 2 is 2.12 bits per heavy atom. The van der Waals surface area contributed by atoms with Gasteiger partial charge in [0, 0.05) is 6.42 Å². The minimum Gasteiger partial charge on any atom is -0.480 e. The van der Waals surface area contributed by atoms with Gasteiger partial charge in [-0.2, -0.15) is 0 Å². The van der Waals surface area contributed by atoms with Crippen LogP contribution in [0.5, 0.6) is 0 Å². The number of terminal acetylenes is 1. The summed E-state index contributed by atoms with van der Waals surface area (Å²) in [7, 11) is 0. The smallest absolute Gasteiger partial charge is 0.327 e. The van der Waals surface area contributed by atoms with E-state index in [0.717, 1.165) is 6.42 Å². The molecule has 0 aromatic carbocycles. The maximum absolute atomic E-state index is 11.6. The van der Waals surface area contributed by atoms with Crippen molar-refractivity contribution in [2.75, 3.05) is 0 Å². The molecule has 2 unspecified atom stereocenters. The van der Waals surface area contributed by atoms with Crippen LogP contribution in [0.4, 0.5) is 0 Å².